The number of nitrogens with zero attached hydrogens (tertiary/aromatic N) is 1. The molecule has 2 N–H and O–H groups in total. The molecule has 0 aliphatic carbocycles. The largest absolute Gasteiger partial charge is 0.396 e. The summed E-state index contributed by atoms with van der Waals surface area (Å²) in [6, 6.07) is 7.80. The van der Waals surface area contributed by atoms with Crippen molar-refractivity contribution in [2.24, 2.45) is 0 Å². The van der Waals surface area contributed by atoms with Gasteiger partial charge in [0, 0.05) is 21.8 Å². The normalized spacial score (nSPS) is 10.5. The highest BCUT2D eigenvalue weighted by Crippen LogP contribution is 2.31. The summed E-state index contributed by atoms with van der Waals surface area (Å²) in [7, 11) is 2.01. The Morgan fingerprint density at radius 1 is 1.47 bits per heavy atom. The van der Waals surface area contributed by atoms with Crippen LogP contribution in [0.2, 0.25) is 5.02 Å². The van der Waals surface area contributed by atoms with Crippen molar-refractivity contribution in [1.29, 1.82) is 0 Å². The number of nitrogens with two attached hydrogens (primary N) is 1. The van der Waals surface area contributed by atoms with Crippen LogP contribution in [-0.2, 0) is 6.54 Å². The van der Waals surface area contributed by atoms with Crippen molar-refractivity contribution >= 4 is 50.2 Å². The topological polar surface area (TPSA) is 29.3 Å². The first kappa shape index (κ1) is 12.7. The minimum atomic E-state index is 0.599. The summed E-state index contributed by atoms with van der Waals surface area (Å²) in [5.74, 6) is 0. The Balaban J connectivity index is 2.20. The molecule has 1 aromatic heterocycles. The van der Waals surface area contributed by atoms with Crippen LogP contribution in [0.5, 0.6) is 0 Å². The summed E-state index contributed by atoms with van der Waals surface area (Å²) in [5.41, 5.74) is 7.55. The average molecular weight is 332 g/mol. The van der Waals surface area contributed by atoms with Gasteiger partial charge in [-0.25, -0.2) is 0 Å². The van der Waals surface area contributed by atoms with E-state index < -0.39 is 0 Å². The van der Waals surface area contributed by atoms with Crippen molar-refractivity contribution in [3.05, 3.63) is 44.0 Å². The average Bonchev–Trinajstić information content (AvgIpc) is 2.68. The number of hydrogen-bond donors (Lipinski definition) is 1. The Labute approximate surface area is 118 Å². The number of hydrogen-bond acceptors (Lipinski definition) is 3. The van der Waals surface area contributed by atoms with Crippen molar-refractivity contribution in [2.45, 2.75) is 6.54 Å². The van der Waals surface area contributed by atoms with E-state index in [4.69, 9.17) is 17.3 Å². The molecule has 5 heteroatoms. The fourth-order valence-electron chi connectivity index (χ4n) is 1.61. The fourth-order valence-corrected chi connectivity index (χ4v) is 3.29. The predicted octanol–water partition coefficient (Wildman–Crippen LogP) is 4.38. The van der Waals surface area contributed by atoms with Crippen LogP contribution in [0.4, 0.5) is 11.4 Å². The third-order valence-electron chi connectivity index (χ3n) is 2.46. The summed E-state index contributed by atoms with van der Waals surface area (Å²) in [5, 5.41) is 2.67. The van der Waals surface area contributed by atoms with Crippen LogP contribution in [0.15, 0.2) is 34.1 Å². The van der Waals surface area contributed by atoms with Crippen molar-refractivity contribution in [3.8, 4) is 0 Å². The molecule has 0 aliphatic heterocycles. The molecule has 0 saturated carbocycles. The van der Waals surface area contributed by atoms with E-state index in [2.05, 4.69) is 32.3 Å². The summed E-state index contributed by atoms with van der Waals surface area (Å²) in [6.07, 6.45) is 0. The SMILES string of the molecule is CN(Cc1cc(Br)cs1)c1cccc(Cl)c1N. The molecule has 0 fully saturated rings. The lowest BCUT2D eigenvalue weighted by molar-refractivity contribution is 0.942. The number of rotatable bonds is 3. The molecule has 17 heavy (non-hydrogen) atoms. The Morgan fingerprint density at radius 2 is 2.24 bits per heavy atom. The molecule has 0 atom stereocenters. The van der Waals surface area contributed by atoms with Gasteiger partial charge in [0.1, 0.15) is 0 Å². The fraction of sp³-hybridized carbons (Fsp3) is 0.167. The van der Waals surface area contributed by atoms with Crippen LogP contribution in [-0.4, -0.2) is 7.05 Å². The molecule has 90 valence electrons. The van der Waals surface area contributed by atoms with E-state index in [1.54, 1.807) is 17.4 Å². The zero-order chi connectivity index (χ0) is 12.4. The summed E-state index contributed by atoms with van der Waals surface area (Å²) < 4.78 is 1.12. The first-order chi connectivity index (χ1) is 8.08. The molecule has 0 amide bonds. The summed E-state index contributed by atoms with van der Waals surface area (Å²) in [4.78, 5) is 3.37. The highest BCUT2D eigenvalue weighted by molar-refractivity contribution is 9.10. The maximum Gasteiger partial charge on any atom is 0.0741 e. The van der Waals surface area contributed by atoms with Gasteiger partial charge in [0.05, 0.1) is 22.9 Å². The van der Waals surface area contributed by atoms with Gasteiger partial charge in [0.15, 0.2) is 0 Å². The molecule has 0 radical (unpaired) electrons. The number of anilines is 2. The van der Waals surface area contributed by atoms with E-state index in [9.17, 15) is 0 Å². The van der Waals surface area contributed by atoms with Gasteiger partial charge in [-0.1, -0.05) is 17.7 Å². The van der Waals surface area contributed by atoms with Gasteiger partial charge in [-0.05, 0) is 34.1 Å². The molecular formula is C12H12BrClN2S. The molecule has 1 heterocycles. The molecule has 0 bridgehead atoms. The Bertz CT molecular complexity index is 527. The number of thiophene rings is 1. The van der Waals surface area contributed by atoms with Crippen LogP contribution in [0, 0.1) is 0 Å². The highest BCUT2D eigenvalue weighted by Gasteiger charge is 2.09. The second kappa shape index (κ2) is 5.29. The summed E-state index contributed by atoms with van der Waals surface area (Å²) in [6.45, 7) is 0.820. The molecule has 2 aromatic rings. The number of benzene rings is 1. The third kappa shape index (κ3) is 2.94. The second-order valence-corrected chi connectivity index (χ2v) is 6.08. The minimum absolute atomic E-state index is 0.599. The number of nitrogen functional groups attached to an aromatic ring is 1. The van der Waals surface area contributed by atoms with Gasteiger partial charge in [-0.3, -0.25) is 0 Å². The molecule has 0 unspecified atom stereocenters. The first-order valence-electron chi connectivity index (χ1n) is 5.06. The van der Waals surface area contributed by atoms with E-state index in [-0.39, 0.29) is 0 Å². The third-order valence-corrected chi connectivity index (χ3v) is 4.47. The molecule has 2 nitrogen and oxygen atoms in total. The van der Waals surface area contributed by atoms with Crippen LogP contribution in [0.3, 0.4) is 0 Å². The van der Waals surface area contributed by atoms with Crippen molar-refractivity contribution in [1.82, 2.24) is 0 Å². The molecule has 0 spiro atoms. The lowest BCUT2D eigenvalue weighted by Crippen LogP contribution is -2.17. The monoisotopic (exact) mass is 330 g/mol. The Kier molecular flexibility index (Phi) is 3.97. The van der Waals surface area contributed by atoms with Gasteiger partial charge in [-0.2, -0.15) is 0 Å². The van der Waals surface area contributed by atoms with Crippen LogP contribution in [0.25, 0.3) is 0 Å². The van der Waals surface area contributed by atoms with Crippen molar-refractivity contribution in [3.63, 3.8) is 0 Å². The van der Waals surface area contributed by atoms with E-state index in [1.807, 2.05) is 19.2 Å². The Morgan fingerprint density at radius 3 is 2.88 bits per heavy atom. The van der Waals surface area contributed by atoms with Gasteiger partial charge < -0.3 is 10.6 Å². The molecule has 1 aromatic carbocycles. The van der Waals surface area contributed by atoms with E-state index in [1.165, 1.54) is 4.88 Å². The lowest BCUT2D eigenvalue weighted by atomic mass is 10.2. The van der Waals surface area contributed by atoms with Gasteiger partial charge in [0.25, 0.3) is 0 Å². The zero-order valence-electron chi connectivity index (χ0n) is 9.28. The quantitative estimate of drug-likeness (QED) is 0.846. The minimum Gasteiger partial charge on any atom is -0.396 e. The molecule has 0 aliphatic rings. The summed E-state index contributed by atoms with van der Waals surface area (Å²) >= 11 is 11.2. The maximum atomic E-state index is 6.01. The van der Waals surface area contributed by atoms with E-state index in [0.717, 1.165) is 16.7 Å². The molecule has 0 saturated heterocycles. The predicted molar refractivity (Wildman–Crippen MR) is 80.0 cm³/mol. The van der Waals surface area contributed by atoms with Gasteiger partial charge in [-0.15, -0.1) is 11.3 Å². The van der Waals surface area contributed by atoms with Gasteiger partial charge in [0.2, 0.25) is 0 Å². The molecule has 2 rings (SSSR count). The number of halogens is 2. The molecular weight excluding hydrogens is 320 g/mol. The second-order valence-electron chi connectivity index (χ2n) is 3.76. The lowest BCUT2D eigenvalue weighted by Gasteiger charge is -2.20. The zero-order valence-corrected chi connectivity index (χ0v) is 12.4. The first-order valence-corrected chi connectivity index (χ1v) is 7.11. The van der Waals surface area contributed by atoms with Crippen LogP contribution < -0.4 is 10.6 Å². The van der Waals surface area contributed by atoms with Crippen molar-refractivity contribution in [2.75, 3.05) is 17.7 Å². The standard InChI is InChI=1S/C12H12BrClN2S/c1-16(6-9-5-8(13)7-17-9)11-4-2-3-10(14)12(11)15/h2-5,7H,6,15H2,1H3. The van der Waals surface area contributed by atoms with Crippen molar-refractivity contribution < 1.29 is 0 Å². The van der Waals surface area contributed by atoms with E-state index >= 15 is 0 Å². The van der Waals surface area contributed by atoms with Gasteiger partial charge >= 0.3 is 0 Å². The number of para-hydroxylation sites is 1. The smallest absolute Gasteiger partial charge is 0.0741 e. The highest BCUT2D eigenvalue weighted by atomic mass is 79.9. The Hall–Kier alpha value is -0.710. The maximum absolute atomic E-state index is 6.01. The van der Waals surface area contributed by atoms with Crippen LogP contribution in [0.1, 0.15) is 4.88 Å². The van der Waals surface area contributed by atoms with Crippen LogP contribution >= 0.6 is 38.9 Å². The van der Waals surface area contributed by atoms with E-state index in [0.29, 0.717) is 10.7 Å².